The van der Waals surface area contributed by atoms with Gasteiger partial charge >= 0.3 is 0 Å². The van der Waals surface area contributed by atoms with Gasteiger partial charge < -0.3 is 15.4 Å². The van der Waals surface area contributed by atoms with Crippen molar-refractivity contribution in [1.29, 1.82) is 0 Å². The Morgan fingerprint density at radius 1 is 1.50 bits per heavy atom. The number of nitrogens with two attached hydrogens (primary N) is 1. The van der Waals surface area contributed by atoms with Gasteiger partial charge in [-0.2, -0.15) is 0 Å². The van der Waals surface area contributed by atoms with Crippen LogP contribution in [0.15, 0.2) is 12.1 Å². The third-order valence-electron chi connectivity index (χ3n) is 4.16. The number of nitrogens with zero attached hydrogens (tertiary/aromatic N) is 1. The van der Waals surface area contributed by atoms with Gasteiger partial charge in [-0.1, -0.05) is 25.4 Å². The Balaban J connectivity index is 2.19. The first-order valence-electron chi connectivity index (χ1n) is 7.84. The summed E-state index contributed by atoms with van der Waals surface area (Å²) < 4.78 is 5.30. The van der Waals surface area contributed by atoms with Crippen molar-refractivity contribution in [1.82, 2.24) is 4.90 Å². The van der Waals surface area contributed by atoms with E-state index in [2.05, 4.69) is 13.8 Å². The maximum atomic E-state index is 12.8. The third-order valence-corrected chi connectivity index (χ3v) is 4.49. The molecule has 1 aromatic rings. The predicted molar refractivity (Wildman–Crippen MR) is 90.5 cm³/mol. The molecule has 0 aliphatic carbocycles. The van der Waals surface area contributed by atoms with Crippen LogP contribution in [-0.4, -0.2) is 31.0 Å². The quantitative estimate of drug-likeness (QED) is 0.856. The standard InChI is InChI=1S/C17H25ClN2O2/c1-11(2)7-12-5-4-6-20(10-12)17(21)13-8-14(18)15(19)9-16(13)22-3/h8-9,11-12H,4-7,10,19H2,1-3H3. The smallest absolute Gasteiger partial charge is 0.257 e. The molecule has 5 heteroatoms. The van der Waals surface area contributed by atoms with Crippen molar-refractivity contribution in [3.8, 4) is 5.75 Å². The summed E-state index contributed by atoms with van der Waals surface area (Å²) in [6.07, 6.45) is 3.40. The van der Waals surface area contributed by atoms with Crippen LogP contribution in [0.5, 0.6) is 5.75 Å². The molecular formula is C17H25ClN2O2. The fraction of sp³-hybridized carbons (Fsp3) is 0.588. The van der Waals surface area contributed by atoms with E-state index in [0.717, 1.165) is 25.9 Å². The normalized spacial score (nSPS) is 18.6. The molecule has 0 saturated carbocycles. The lowest BCUT2D eigenvalue weighted by Crippen LogP contribution is -2.40. The Hall–Kier alpha value is -1.42. The second kappa shape index (κ2) is 7.23. The Labute approximate surface area is 137 Å². The number of benzene rings is 1. The van der Waals surface area contributed by atoms with Gasteiger partial charge in [0.25, 0.3) is 5.91 Å². The maximum absolute atomic E-state index is 12.8. The molecule has 1 atom stereocenters. The van der Waals surface area contributed by atoms with Gasteiger partial charge in [0.2, 0.25) is 0 Å². The number of carbonyl (C=O) groups excluding carboxylic acids is 1. The first-order valence-corrected chi connectivity index (χ1v) is 8.22. The lowest BCUT2D eigenvalue weighted by atomic mass is 9.89. The number of likely N-dealkylation sites (tertiary alicyclic amines) is 1. The molecule has 0 aromatic heterocycles. The summed E-state index contributed by atoms with van der Waals surface area (Å²) in [7, 11) is 1.54. The number of ether oxygens (including phenoxy) is 1. The fourth-order valence-corrected chi connectivity index (χ4v) is 3.35. The molecule has 1 aromatic carbocycles. The average molecular weight is 325 g/mol. The molecule has 1 fully saturated rings. The zero-order valence-corrected chi connectivity index (χ0v) is 14.3. The lowest BCUT2D eigenvalue weighted by Gasteiger charge is -2.34. The summed E-state index contributed by atoms with van der Waals surface area (Å²) in [5.74, 6) is 1.69. The predicted octanol–water partition coefficient (Wildman–Crippen LogP) is 3.83. The molecular weight excluding hydrogens is 300 g/mol. The topological polar surface area (TPSA) is 55.6 Å². The van der Waals surface area contributed by atoms with E-state index in [-0.39, 0.29) is 5.91 Å². The van der Waals surface area contributed by atoms with Crippen LogP contribution in [0.4, 0.5) is 5.69 Å². The highest BCUT2D eigenvalue weighted by Crippen LogP contribution is 2.31. The van der Waals surface area contributed by atoms with Gasteiger partial charge in [-0.15, -0.1) is 0 Å². The van der Waals surface area contributed by atoms with Crippen LogP contribution < -0.4 is 10.5 Å². The minimum absolute atomic E-state index is 0.0211. The monoisotopic (exact) mass is 324 g/mol. The maximum Gasteiger partial charge on any atom is 0.257 e. The van der Waals surface area contributed by atoms with Crippen LogP contribution in [0.2, 0.25) is 5.02 Å². The van der Waals surface area contributed by atoms with Crippen molar-refractivity contribution in [2.24, 2.45) is 11.8 Å². The first-order chi connectivity index (χ1) is 10.4. The minimum atomic E-state index is -0.0211. The van der Waals surface area contributed by atoms with Crippen LogP contribution in [0, 0.1) is 11.8 Å². The van der Waals surface area contributed by atoms with Crippen LogP contribution >= 0.6 is 11.6 Å². The van der Waals surface area contributed by atoms with Gasteiger partial charge in [0.1, 0.15) is 5.75 Å². The van der Waals surface area contributed by atoms with Gasteiger partial charge in [0.15, 0.2) is 0 Å². The molecule has 2 N–H and O–H groups in total. The van der Waals surface area contributed by atoms with E-state index in [1.54, 1.807) is 12.1 Å². The van der Waals surface area contributed by atoms with Crippen LogP contribution in [0.3, 0.4) is 0 Å². The highest BCUT2D eigenvalue weighted by Gasteiger charge is 2.27. The summed E-state index contributed by atoms with van der Waals surface area (Å²) in [5, 5.41) is 0.389. The number of amides is 1. The summed E-state index contributed by atoms with van der Waals surface area (Å²) >= 11 is 6.07. The number of piperidine rings is 1. The second-order valence-corrected chi connectivity index (χ2v) is 6.87. The number of halogens is 1. The summed E-state index contributed by atoms with van der Waals surface area (Å²) in [6, 6.07) is 3.23. The molecule has 1 heterocycles. The Morgan fingerprint density at radius 3 is 2.86 bits per heavy atom. The SMILES string of the molecule is COc1cc(N)c(Cl)cc1C(=O)N1CCCC(CC(C)C)C1. The van der Waals surface area contributed by atoms with Crippen molar-refractivity contribution >= 4 is 23.2 Å². The number of carbonyl (C=O) groups is 1. The first kappa shape index (κ1) is 16.9. The van der Waals surface area contributed by atoms with Gasteiger partial charge in [0, 0.05) is 19.2 Å². The highest BCUT2D eigenvalue weighted by atomic mass is 35.5. The summed E-state index contributed by atoms with van der Waals surface area (Å²) in [4.78, 5) is 14.7. The fourth-order valence-electron chi connectivity index (χ4n) is 3.18. The van der Waals surface area contributed by atoms with E-state index < -0.39 is 0 Å². The highest BCUT2D eigenvalue weighted by molar-refractivity contribution is 6.33. The van der Waals surface area contributed by atoms with Gasteiger partial charge in [-0.05, 0) is 37.2 Å². The molecule has 0 radical (unpaired) electrons. The van der Waals surface area contributed by atoms with Crippen molar-refractivity contribution in [3.05, 3.63) is 22.7 Å². The lowest BCUT2D eigenvalue weighted by molar-refractivity contribution is 0.0656. The van der Waals surface area contributed by atoms with E-state index in [4.69, 9.17) is 22.1 Å². The van der Waals surface area contributed by atoms with Crippen LogP contribution in [0.1, 0.15) is 43.5 Å². The van der Waals surface area contributed by atoms with Gasteiger partial charge in [0.05, 0.1) is 23.4 Å². The number of hydrogen-bond acceptors (Lipinski definition) is 3. The van der Waals surface area contributed by atoms with Gasteiger partial charge in [-0.25, -0.2) is 0 Å². The number of methoxy groups -OCH3 is 1. The molecule has 1 aliphatic heterocycles. The van der Waals surface area contributed by atoms with Crippen molar-refractivity contribution in [2.75, 3.05) is 25.9 Å². The van der Waals surface area contributed by atoms with E-state index in [0.29, 0.717) is 33.9 Å². The molecule has 1 unspecified atom stereocenters. The van der Waals surface area contributed by atoms with E-state index in [1.165, 1.54) is 13.5 Å². The summed E-state index contributed by atoms with van der Waals surface area (Å²) in [6.45, 7) is 6.05. The van der Waals surface area contributed by atoms with Crippen molar-refractivity contribution < 1.29 is 9.53 Å². The molecule has 122 valence electrons. The second-order valence-electron chi connectivity index (χ2n) is 6.46. The van der Waals surface area contributed by atoms with Gasteiger partial charge in [-0.3, -0.25) is 4.79 Å². The largest absolute Gasteiger partial charge is 0.496 e. The van der Waals surface area contributed by atoms with E-state index in [1.807, 2.05) is 4.90 Å². The molecule has 4 nitrogen and oxygen atoms in total. The summed E-state index contributed by atoms with van der Waals surface area (Å²) in [5.41, 5.74) is 6.70. The molecule has 0 spiro atoms. The van der Waals surface area contributed by atoms with E-state index in [9.17, 15) is 4.79 Å². The van der Waals surface area contributed by atoms with Crippen LogP contribution in [0.25, 0.3) is 0 Å². The molecule has 0 bridgehead atoms. The number of rotatable bonds is 4. The van der Waals surface area contributed by atoms with E-state index >= 15 is 0 Å². The zero-order chi connectivity index (χ0) is 16.3. The Kier molecular flexibility index (Phi) is 5.57. The molecule has 22 heavy (non-hydrogen) atoms. The number of hydrogen-bond donors (Lipinski definition) is 1. The average Bonchev–Trinajstić information content (AvgIpc) is 2.48. The molecule has 1 aliphatic rings. The number of nitrogen functional groups attached to an aromatic ring is 1. The third kappa shape index (κ3) is 3.86. The molecule has 2 rings (SSSR count). The molecule has 1 saturated heterocycles. The minimum Gasteiger partial charge on any atom is -0.496 e. The Bertz CT molecular complexity index is 546. The Morgan fingerprint density at radius 2 is 2.23 bits per heavy atom. The zero-order valence-electron chi connectivity index (χ0n) is 13.6. The van der Waals surface area contributed by atoms with Crippen molar-refractivity contribution in [3.63, 3.8) is 0 Å². The molecule has 1 amide bonds. The van der Waals surface area contributed by atoms with Crippen LogP contribution in [-0.2, 0) is 0 Å². The number of anilines is 1. The van der Waals surface area contributed by atoms with Crippen molar-refractivity contribution in [2.45, 2.75) is 33.1 Å².